The summed E-state index contributed by atoms with van der Waals surface area (Å²) >= 11 is 0. The standard InChI is InChI=1S/C19H28N4O.2ClH/c20-16-10-13-4-3-5-14(11-16)18(13)22-19(24)15-6-7-17(21-12-15)23-8-1-2-9-23;;/h6-7,12-14,16,18H,1-5,8-11,20H2,(H,22,24);2*1H. The lowest BCUT2D eigenvalue weighted by Crippen LogP contribution is -2.53. The Balaban J connectivity index is 0.00000121. The molecule has 1 aliphatic heterocycles. The summed E-state index contributed by atoms with van der Waals surface area (Å²) in [5, 5.41) is 3.30. The minimum atomic E-state index is 0. The number of carbonyl (C=O) groups is 1. The van der Waals surface area contributed by atoms with Crippen LogP contribution < -0.4 is 16.0 Å². The van der Waals surface area contributed by atoms with Gasteiger partial charge in [0.15, 0.2) is 0 Å². The van der Waals surface area contributed by atoms with E-state index in [0.717, 1.165) is 31.7 Å². The second-order valence-corrected chi connectivity index (χ2v) is 7.78. The van der Waals surface area contributed by atoms with Gasteiger partial charge in [-0.3, -0.25) is 4.79 Å². The van der Waals surface area contributed by atoms with Crippen LogP contribution >= 0.6 is 24.8 Å². The quantitative estimate of drug-likeness (QED) is 0.816. The third kappa shape index (κ3) is 4.44. The Labute approximate surface area is 168 Å². The molecule has 0 radical (unpaired) electrons. The number of amides is 1. The zero-order valence-electron chi connectivity index (χ0n) is 15.1. The predicted molar refractivity (Wildman–Crippen MR) is 109 cm³/mol. The lowest BCUT2D eigenvalue weighted by molar-refractivity contribution is 0.0755. The highest BCUT2D eigenvalue weighted by molar-refractivity contribution is 5.94. The maximum Gasteiger partial charge on any atom is 0.253 e. The van der Waals surface area contributed by atoms with E-state index < -0.39 is 0 Å². The molecule has 146 valence electrons. The zero-order chi connectivity index (χ0) is 16.5. The van der Waals surface area contributed by atoms with E-state index in [-0.39, 0.29) is 30.7 Å². The van der Waals surface area contributed by atoms with Crippen LogP contribution in [0.1, 0.15) is 55.3 Å². The number of fused-ring (bicyclic) bond motifs is 2. The summed E-state index contributed by atoms with van der Waals surface area (Å²) in [4.78, 5) is 19.5. The molecule has 1 saturated heterocycles. The van der Waals surface area contributed by atoms with E-state index in [0.29, 0.717) is 29.5 Å². The molecule has 7 heteroatoms. The number of carbonyl (C=O) groups excluding carboxylic acids is 1. The van der Waals surface area contributed by atoms with E-state index in [1.54, 1.807) is 6.20 Å². The van der Waals surface area contributed by atoms with Gasteiger partial charge in [-0.1, -0.05) is 6.42 Å². The number of hydrogen-bond donors (Lipinski definition) is 2. The number of rotatable bonds is 3. The Morgan fingerprint density at radius 2 is 1.73 bits per heavy atom. The Hall–Kier alpha value is -1.04. The number of halogens is 2. The van der Waals surface area contributed by atoms with Crippen molar-refractivity contribution in [1.29, 1.82) is 0 Å². The number of nitrogens with zero attached hydrogens (tertiary/aromatic N) is 2. The molecule has 1 aromatic rings. The number of aromatic nitrogens is 1. The van der Waals surface area contributed by atoms with Crippen molar-refractivity contribution in [3.05, 3.63) is 23.9 Å². The second kappa shape index (κ2) is 9.25. The molecule has 2 heterocycles. The van der Waals surface area contributed by atoms with Crippen LogP contribution in [0.2, 0.25) is 0 Å². The molecule has 26 heavy (non-hydrogen) atoms. The smallest absolute Gasteiger partial charge is 0.253 e. The van der Waals surface area contributed by atoms with Crippen LogP contribution in [0.3, 0.4) is 0 Å². The van der Waals surface area contributed by atoms with Crippen molar-refractivity contribution < 1.29 is 4.79 Å². The maximum absolute atomic E-state index is 12.7. The van der Waals surface area contributed by atoms with Gasteiger partial charge in [0.1, 0.15) is 5.82 Å². The van der Waals surface area contributed by atoms with Crippen molar-refractivity contribution in [3.8, 4) is 0 Å². The van der Waals surface area contributed by atoms with Gasteiger partial charge < -0.3 is 16.0 Å². The second-order valence-electron chi connectivity index (χ2n) is 7.78. The first-order valence-corrected chi connectivity index (χ1v) is 9.48. The van der Waals surface area contributed by atoms with Crippen molar-refractivity contribution in [2.45, 2.75) is 57.0 Å². The third-order valence-electron chi connectivity index (χ3n) is 6.11. The van der Waals surface area contributed by atoms with Gasteiger partial charge in [0, 0.05) is 31.4 Å². The number of pyridine rings is 1. The predicted octanol–water partition coefficient (Wildman–Crippen LogP) is 3.16. The van der Waals surface area contributed by atoms with Crippen LogP contribution in [0.5, 0.6) is 0 Å². The van der Waals surface area contributed by atoms with Crippen LogP contribution in [-0.2, 0) is 0 Å². The molecule has 2 unspecified atom stereocenters. The molecule has 0 aromatic carbocycles. The fraction of sp³-hybridized carbons (Fsp3) is 0.684. The van der Waals surface area contributed by atoms with Crippen molar-refractivity contribution in [2.75, 3.05) is 18.0 Å². The van der Waals surface area contributed by atoms with Gasteiger partial charge in [-0.25, -0.2) is 4.98 Å². The van der Waals surface area contributed by atoms with Crippen molar-refractivity contribution in [2.24, 2.45) is 17.6 Å². The zero-order valence-corrected chi connectivity index (χ0v) is 16.7. The summed E-state index contributed by atoms with van der Waals surface area (Å²) in [5.74, 6) is 2.11. The molecule has 5 nitrogen and oxygen atoms in total. The summed E-state index contributed by atoms with van der Waals surface area (Å²) in [7, 11) is 0. The fourth-order valence-corrected chi connectivity index (χ4v) is 4.91. The third-order valence-corrected chi connectivity index (χ3v) is 6.11. The average Bonchev–Trinajstić information content (AvgIpc) is 3.10. The van der Waals surface area contributed by atoms with Gasteiger partial charge in [-0.15, -0.1) is 24.8 Å². The molecule has 3 N–H and O–H groups in total. The summed E-state index contributed by atoms with van der Waals surface area (Å²) in [5.41, 5.74) is 6.85. The molecule has 0 spiro atoms. The van der Waals surface area contributed by atoms with Gasteiger partial charge in [0.05, 0.1) is 5.56 Å². The molecular formula is C19H30Cl2N4O. The molecule has 2 atom stereocenters. The summed E-state index contributed by atoms with van der Waals surface area (Å²) < 4.78 is 0. The number of hydrogen-bond acceptors (Lipinski definition) is 4. The Bertz CT molecular complexity index is 578. The maximum atomic E-state index is 12.7. The monoisotopic (exact) mass is 400 g/mol. The normalized spacial score (nSPS) is 30.1. The van der Waals surface area contributed by atoms with E-state index >= 15 is 0 Å². The largest absolute Gasteiger partial charge is 0.357 e. The van der Waals surface area contributed by atoms with Crippen LogP contribution in [0.15, 0.2) is 18.3 Å². The van der Waals surface area contributed by atoms with Gasteiger partial charge in [-0.2, -0.15) is 0 Å². The Morgan fingerprint density at radius 3 is 2.31 bits per heavy atom. The highest BCUT2D eigenvalue weighted by atomic mass is 35.5. The molecule has 4 rings (SSSR count). The molecule has 1 aromatic heterocycles. The summed E-state index contributed by atoms with van der Waals surface area (Å²) in [6.45, 7) is 2.15. The molecule has 3 aliphatic rings. The topological polar surface area (TPSA) is 71.2 Å². The molecule has 1 amide bonds. The molecular weight excluding hydrogens is 371 g/mol. The SMILES string of the molecule is Cl.Cl.NC1CC2CCCC(C1)C2NC(=O)c1ccc(N2CCCC2)nc1. The van der Waals surface area contributed by atoms with Gasteiger partial charge >= 0.3 is 0 Å². The molecule has 2 bridgehead atoms. The average molecular weight is 401 g/mol. The first-order chi connectivity index (χ1) is 11.7. The van der Waals surface area contributed by atoms with Crippen LogP contribution in [0.4, 0.5) is 5.82 Å². The van der Waals surface area contributed by atoms with E-state index in [2.05, 4.69) is 15.2 Å². The van der Waals surface area contributed by atoms with Crippen LogP contribution in [0.25, 0.3) is 0 Å². The van der Waals surface area contributed by atoms with E-state index in [1.165, 1.54) is 32.1 Å². The lowest BCUT2D eigenvalue weighted by atomic mass is 9.67. The molecule has 2 saturated carbocycles. The fourth-order valence-electron chi connectivity index (χ4n) is 4.91. The van der Waals surface area contributed by atoms with Crippen molar-refractivity contribution in [1.82, 2.24) is 10.3 Å². The summed E-state index contributed by atoms with van der Waals surface area (Å²) in [6, 6.07) is 4.51. The minimum Gasteiger partial charge on any atom is -0.357 e. The number of nitrogens with two attached hydrogens (primary N) is 1. The van der Waals surface area contributed by atoms with Crippen LogP contribution in [-0.4, -0.2) is 36.1 Å². The Kier molecular flexibility index (Phi) is 7.56. The lowest BCUT2D eigenvalue weighted by Gasteiger charge is -2.45. The first-order valence-electron chi connectivity index (χ1n) is 9.48. The Morgan fingerprint density at radius 1 is 1.08 bits per heavy atom. The van der Waals surface area contributed by atoms with E-state index in [9.17, 15) is 4.79 Å². The van der Waals surface area contributed by atoms with Crippen molar-refractivity contribution >= 4 is 36.5 Å². The molecule has 2 aliphatic carbocycles. The van der Waals surface area contributed by atoms with Gasteiger partial charge in [-0.05, 0) is 62.5 Å². The van der Waals surface area contributed by atoms with Crippen molar-refractivity contribution in [3.63, 3.8) is 0 Å². The van der Waals surface area contributed by atoms with E-state index in [4.69, 9.17) is 5.73 Å². The highest BCUT2D eigenvalue weighted by Crippen LogP contribution is 2.39. The number of anilines is 1. The van der Waals surface area contributed by atoms with Gasteiger partial charge in [0.25, 0.3) is 5.91 Å². The molecule has 3 fully saturated rings. The minimum absolute atomic E-state index is 0. The van der Waals surface area contributed by atoms with Crippen LogP contribution in [0, 0.1) is 11.8 Å². The number of nitrogens with one attached hydrogen (secondary N) is 1. The first kappa shape index (κ1) is 21.3. The summed E-state index contributed by atoms with van der Waals surface area (Å²) in [6.07, 6.45) is 9.96. The van der Waals surface area contributed by atoms with E-state index in [1.807, 2.05) is 12.1 Å². The highest BCUT2D eigenvalue weighted by Gasteiger charge is 2.39. The van der Waals surface area contributed by atoms with Gasteiger partial charge in [0.2, 0.25) is 0 Å².